The summed E-state index contributed by atoms with van der Waals surface area (Å²) in [5.41, 5.74) is 2.23. The van der Waals surface area contributed by atoms with Crippen LogP contribution in [0.2, 0.25) is 43.3 Å². The molecule has 0 aromatic heterocycles. The largest absolute Gasteiger partial charge is 0.544 e. The summed E-state index contributed by atoms with van der Waals surface area (Å²) in [5.74, 6) is 1.66. The van der Waals surface area contributed by atoms with Crippen LogP contribution in [0, 0.1) is 5.92 Å². The molecule has 0 saturated carbocycles. The minimum absolute atomic E-state index is 0.218. The molecule has 0 fully saturated rings. The molecule has 0 aliphatic heterocycles. The van der Waals surface area contributed by atoms with Gasteiger partial charge in [-0.1, -0.05) is 46.0 Å². The fourth-order valence-electron chi connectivity index (χ4n) is 3.70. The summed E-state index contributed by atoms with van der Waals surface area (Å²) in [6.45, 7) is 21.3. The van der Waals surface area contributed by atoms with E-state index in [0.717, 1.165) is 18.8 Å². The van der Waals surface area contributed by atoms with Crippen LogP contribution >= 0.6 is 0 Å². The van der Waals surface area contributed by atoms with Gasteiger partial charge in [0, 0.05) is 13.1 Å². The van der Waals surface area contributed by atoms with E-state index < -0.39 is 16.4 Å². The van der Waals surface area contributed by atoms with E-state index in [1.54, 1.807) is 5.57 Å². The van der Waals surface area contributed by atoms with Gasteiger partial charge in [-0.05, 0) is 69.9 Å². The summed E-state index contributed by atoms with van der Waals surface area (Å²) in [6, 6.07) is 0. The van der Waals surface area contributed by atoms with Gasteiger partial charge in [0.15, 0.2) is 0 Å². The minimum atomic E-state index is -1.83. The molecule has 0 bridgehead atoms. The highest BCUT2D eigenvalue weighted by Crippen LogP contribution is 2.44. The second-order valence-corrected chi connectivity index (χ2v) is 21.2. The third-order valence-electron chi connectivity index (χ3n) is 5.72. The monoisotopic (exact) mass is 396 g/mol. The first kappa shape index (κ1) is 23.7. The highest BCUT2D eigenvalue weighted by Gasteiger charge is 2.42. The van der Waals surface area contributed by atoms with Crippen molar-refractivity contribution < 1.29 is 4.43 Å². The van der Waals surface area contributed by atoms with E-state index in [-0.39, 0.29) is 5.04 Å². The fraction of sp³-hybridized carbons (Fsp3) is 0.810. The van der Waals surface area contributed by atoms with Crippen LogP contribution in [0.5, 0.6) is 0 Å². The van der Waals surface area contributed by atoms with Gasteiger partial charge in [-0.2, -0.15) is 0 Å². The van der Waals surface area contributed by atoms with Gasteiger partial charge in [0.1, 0.15) is 0 Å². The molecule has 1 rings (SSSR count). The highest BCUT2D eigenvalue weighted by atomic mass is 28.4. The lowest BCUT2D eigenvalue weighted by molar-refractivity contribution is 0.329. The molecule has 5 heteroatoms. The SMILES string of the molecule is CN(C)CC1=CC(O[Si](C)(C)C(C)(C)C)=CC(CN(C)C)C1[Si](C)(C)C. The van der Waals surface area contributed by atoms with Crippen LogP contribution in [0.1, 0.15) is 20.8 Å². The van der Waals surface area contributed by atoms with Crippen LogP contribution in [-0.4, -0.2) is 67.5 Å². The molecule has 0 aromatic rings. The molecule has 1 aliphatic carbocycles. The summed E-state index contributed by atoms with van der Waals surface area (Å²) in [7, 11) is 5.55. The lowest BCUT2D eigenvalue weighted by atomic mass is 9.91. The van der Waals surface area contributed by atoms with Crippen molar-refractivity contribution in [1.29, 1.82) is 0 Å². The van der Waals surface area contributed by atoms with Crippen molar-refractivity contribution in [2.24, 2.45) is 5.92 Å². The van der Waals surface area contributed by atoms with Crippen molar-refractivity contribution in [2.45, 2.75) is 64.1 Å². The second-order valence-electron chi connectivity index (χ2n) is 11.2. The smallest absolute Gasteiger partial charge is 0.250 e. The maximum absolute atomic E-state index is 6.73. The van der Waals surface area contributed by atoms with Crippen LogP contribution < -0.4 is 0 Å². The molecule has 0 saturated heterocycles. The quantitative estimate of drug-likeness (QED) is 0.544. The van der Waals surface area contributed by atoms with Gasteiger partial charge < -0.3 is 14.2 Å². The molecule has 3 nitrogen and oxygen atoms in total. The van der Waals surface area contributed by atoms with E-state index in [1.165, 1.54) is 0 Å². The summed E-state index contributed by atoms with van der Waals surface area (Å²) in [6.07, 6.45) is 4.83. The van der Waals surface area contributed by atoms with E-state index in [2.05, 4.69) is 104 Å². The van der Waals surface area contributed by atoms with Crippen molar-refractivity contribution in [3.8, 4) is 0 Å². The van der Waals surface area contributed by atoms with E-state index in [0.29, 0.717) is 11.5 Å². The van der Waals surface area contributed by atoms with Gasteiger partial charge in [0.05, 0.1) is 13.8 Å². The molecule has 0 radical (unpaired) electrons. The zero-order valence-corrected chi connectivity index (χ0v) is 21.5. The highest BCUT2D eigenvalue weighted by molar-refractivity contribution is 6.78. The zero-order chi connectivity index (χ0) is 20.5. The van der Waals surface area contributed by atoms with Gasteiger partial charge in [0.25, 0.3) is 0 Å². The zero-order valence-electron chi connectivity index (χ0n) is 19.5. The standard InChI is InChI=1S/C21H44N2OSi2/c1-21(2,3)26(11,12)24-19-13-17(15-22(4)5)20(25(8,9)10)18(14-19)16-23(6)7/h13-14,17,20H,15-16H2,1-12H3. The van der Waals surface area contributed by atoms with Gasteiger partial charge in [-0.15, -0.1) is 0 Å². The average molecular weight is 397 g/mol. The van der Waals surface area contributed by atoms with Gasteiger partial charge in [0.2, 0.25) is 8.32 Å². The van der Waals surface area contributed by atoms with Crippen molar-refractivity contribution in [3.05, 3.63) is 23.5 Å². The molecule has 0 amide bonds. The lowest BCUT2D eigenvalue weighted by Gasteiger charge is -2.43. The van der Waals surface area contributed by atoms with Crippen LogP contribution in [0.25, 0.3) is 0 Å². The van der Waals surface area contributed by atoms with E-state index >= 15 is 0 Å². The number of nitrogens with zero attached hydrogens (tertiary/aromatic N) is 2. The fourth-order valence-corrected chi connectivity index (χ4v) is 7.50. The maximum atomic E-state index is 6.73. The molecule has 0 aromatic carbocycles. The van der Waals surface area contributed by atoms with Crippen LogP contribution in [0.4, 0.5) is 0 Å². The Hall–Kier alpha value is -0.366. The Balaban J connectivity index is 3.33. The minimum Gasteiger partial charge on any atom is -0.544 e. The molecule has 152 valence electrons. The van der Waals surface area contributed by atoms with Gasteiger partial charge >= 0.3 is 0 Å². The van der Waals surface area contributed by atoms with Crippen LogP contribution in [0.3, 0.4) is 0 Å². The molecule has 0 spiro atoms. The third-order valence-corrected chi connectivity index (χ3v) is 12.7. The molecule has 0 N–H and O–H groups in total. The Morgan fingerprint density at radius 2 is 1.50 bits per heavy atom. The number of hydrogen-bond donors (Lipinski definition) is 0. The number of rotatable bonds is 7. The average Bonchev–Trinajstić information content (AvgIpc) is 2.32. The molecule has 1 aliphatic rings. The topological polar surface area (TPSA) is 15.7 Å². The summed E-state index contributed by atoms with van der Waals surface area (Å²) in [5, 5.41) is 0.218. The van der Waals surface area contributed by atoms with Crippen LogP contribution in [-0.2, 0) is 4.43 Å². The lowest BCUT2D eigenvalue weighted by Crippen LogP contribution is -2.43. The molecular formula is C21H44N2OSi2. The Labute approximate surface area is 165 Å². The Bertz CT molecular complexity index is 537. The molecular weight excluding hydrogens is 352 g/mol. The molecule has 2 unspecified atom stereocenters. The predicted octanol–water partition coefficient (Wildman–Crippen LogP) is 5.28. The molecule has 26 heavy (non-hydrogen) atoms. The first-order chi connectivity index (χ1) is 11.5. The first-order valence-electron chi connectivity index (χ1n) is 9.95. The second kappa shape index (κ2) is 8.33. The summed E-state index contributed by atoms with van der Waals surface area (Å²) < 4.78 is 6.73. The summed E-state index contributed by atoms with van der Waals surface area (Å²) >= 11 is 0. The van der Waals surface area contributed by atoms with Gasteiger partial charge in [-0.3, -0.25) is 0 Å². The van der Waals surface area contributed by atoms with Crippen molar-refractivity contribution >= 4 is 16.4 Å². The van der Waals surface area contributed by atoms with Crippen molar-refractivity contribution in [2.75, 3.05) is 41.3 Å². The first-order valence-corrected chi connectivity index (χ1v) is 16.4. The molecule has 2 atom stereocenters. The maximum Gasteiger partial charge on any atom is 0.250 e. The predicted molar refractivity (Wildman–Crippen MR) is 122 cm³/mol. The van der Waals surface area contributed by atoms with Crippen molar-refractivity contribution in [1.82, 2.24) is 9.80 Å². The Morgan fingerprint density at radius 3 is 1.88 bits per heavy atom. The Kier molecular flexibility index (Phi) is 7.59. The van der Waals surface area contributed by atoms with E-state index in [1.807, 2.05) is 0 Å². The van der Waals surface area contributed by atoms with Gasteiger partial charge in [-0.25, -0.2) is 0 Å². The Morgan fingerprint density at radius 1 is 0.962 bits per heavy atom. The van der Waals surface area contributed by atoms with E-state index in [9.17, 15) is 0 Å². The third kappa shape index (κ3) is 6.36. The van der Waals surface area contributed by atoms with Crippen molar-refractivity contribution in [3.63, 3.8) is 0 Å². The number of hydrogen-bond acceptors (Lipinski definition) is 3. The number of likely N-dealkylation sites (N-methyl/N-ethyl adjacent to an activating group) is 1. The van der Waals surface area contributed by atoms with Crippen LogP contribution in [0.15, 0.2) is 23.5 Å². The summed E-state index contributed by atoms with van der Waals surface area (Å²) in [4.78, 5) is 4.64. The molecule has 0 heterocycles. The normalized spacial score (nSPS) is 22.5. The number of allylic oxidation sites excluding steroid dienone is 1. The van der Waals surface area contributed by atoms with E-state index in [4.69, 9.17) is 4.43 Å².